The minimum atomic E-state index is -2.62. The number of nitrogens with zero attached hydrogens (tertiary/aromatic N) is 2. The number of aromatic nitrogens is 1. The van der Waals surface area contributed by atoms with E-state index < -0.39 is 18.9 Å². The van der Waals surface area contributed by atoms with E-state index in [9.17, 15) is 18.4 Å². The number of carbonyl (C=O) groups excluding carboxylic acids is 1. The highest BCUT2D eigenvalue weighted by atomic mass is 19.3. The van der Waals surface area contributed by atoms with Gasteiger partial charge in [0.1, 0.15) is 6.54 Å². The van der Waals surface area contributed by atoms with Gasteiger partial charge in [-0.3, -0.25) is 9.59 Å². The van der Waals surface area contributed by atoms with E-state index in [1.54, 1.807) is 53.1 Å². The molecule has 0 fully saturated rings. The Kier molecular flexibility index (Phi) is 5.41. The summed E-state index contributed by atoms with van der Waals surface area (Å²) in [4.78, 5) is 25.7. The summed E-state index contributed by atoms with van der Waals surface area (Å²) < 4.78 is 27.5. The van der Waals surface area contributed by atoms with E-state index in [1.807, 2.05) is 6.07 Å². The van der Waals surface area contributed by atoms with Gasteiger partial charge in [0, 0.05) is 24.2 Å². The van der Waals surface area contributed by atoms with Crippen molar-refractivity contribution in [2.24, 2.45) is 0 Å². The van der Waals surface area contributed by atoms with Crippen LogP contribution in [0.1, 0.15) is 5.56 Å². The Labute approximate surface area is 149 Å². The van der Waals surface area contributed by atoms with Crippen molar-refractivity contribution in [2.45, 2.75) is 19.5 Å². The molecule has 26 heavy (non-hydrogen) atoms. The molecule has 1 heterocycles. The van der Waals surface area contributed by atoms with Crippen LogP contribution < -0.4 is 5.43 Å². The zero-order chi connectivity index (χ0) is 18.5. The Bertz CT molecular complexity index is 955. The zero-order valence-electron chi connectivity index (χ0n) is 14.0. The van der Waals surface area contributed by atoms with Gasteiger partial charge in [0.05, 0.1) is 12.1 Å². The van der Waals surface area contributed by atoms with Crippen molar-refractivity contribution < 1.29 is 13.6 Å². The van der Waals surface area contributed by atoms with E-state index in [1.165, 1.54) is 12.3 Å². The van der Waals surface area contributed by atoms with Gasteiger partial charge < -0.3 is 9.47 Å². The quantitative estimate of drug-likeness (QED) is 0.680. The zero-order valence-corrected chi connectivity index (χ0v) is 14.0. The molecular formula is C20H18F2N2O2. The van der Waals surface area contributed by atoms with E-state index in [-0.39, 0.29) is 18.5 Å². The molecule has 0 aliphatic carbocycles. The molecule has 134 valence electrons. The molecule has 0 aliphatic rings. The van der Waals surface area contributed by atoms with Gasteiger partial charge in [-0.1, -0.05) is 42.5 Å². The summed E-state index contributed by atoms with van der Waals surface area (Å²) >= 11 is 0. The number of amides is 1. The van der Waals surface area contributed by atoms with Crippen LogP contribution in [-0.2, 0) is 17.9 Å². The maximum absolute atomic E-state index is 13.0. The number of halogens is 2. The lowest BCUT2D eigenvalue weighted by Gasteiger charge is -2.23. The van der Waals surface area contributed by atoms with Crippen LogP contribution in [0.25, 0.3) is 10.9 Å². The molecule has 0 saturated carbocycles. The summed E-state index contributed by atoms with van der Waals surface area (Å²) in [6.45, 7) is -0.631. The second kappa shape index (κ2) is 7.91. The summed E-state index contributed by atoms with van der Waals surface area (Å²) in [7, 11) is 0. The molecule has 6 heteroatoms. The first kappa shape index (κ1) is 17.8. The first-order chi connectivity index (χ1) is 12.5. The van der Waals surface area contributed by atoms with Gasteiger partial charge >= 0.3 is 0 Å². The SMILES string of the molecule is O=C(Cn1ccc(=O)c2ccccc21)N(Cc1ccccc1)CC(F)F. The molecule has 0 aliphatic heterocycles. The standard InChI is InChI=1S/C20H18F2N2O2/c21-19(22)13-24(12-15-6-2-1-3-7-15)20(26)14-23-11-10-18(25)16-8-4-5-9-17(16)23/h1-11,19H,12-14H2. The largest absolute Gasteiger partial charge is 0.338 e. The van der Waals surface area contributed by atoms with E-state index in [0.29, 0.717) is 10.9 Å². The molecule has 1 aromatic heterocycles. The molecule has 0 N–H and O–H groups in total. The highest BCUT2D eigenvalue weighted by Gasteiger charge is 2.19. The molecule has 0 saturated heterocycles. The van der Waals surface area contributed by atoms with E-state index in [2.05, 4.69) is 0 Å². The Morgan fingerprint density at radius 2 is 1.69 bits per heavy atom. The Morgan fingerprint density at radius 1 is 1.00 bits per heavy atom. The highest BCUT2D eigenvalue weighted by molar-refractivity contribution is 5.82. The fraction of sp³-hybridized carbons (Fsp3) is 0.200. The first-order valence-electron chi connectivity index (χ1n) is 8.22. The minimum absolute atomic E-state index is 0.111. The second-order valence-electron chi connectivity index (χ2n) is 5.98. The van der Waals surface area contributed by atoms with Crippen molar-refractivity contribution in [3.05, 3.63) is 82.6 Å². The highest BCUT2D eigenvalue weighted by Crippen LogP contribution is 2.12. The van der Waals surface area contributed by atoms with Crippen molar-refractivity contribution in [1.29, 1.82) is 0 Å². The number of para-hydroxylation sites is 1. The molecule has 2 aromatic carbocycles. The lowest BCUT2D eigenvalue weighted by Crippen LogP contribution is -2.37. The summed E-state index contributed by atoms with van der Waals surface area (Å²) in [6.07, 6.45) is -1.10. The average molecular weight is 356 g/mol. The molecule has 0 spiro atoms. The smallest absolute Gasteiger partial charge is 0.255 e. The molecule has 0 bridgehead atoms. The van der Waals surface area contributed by atoms with Crippen LogP contribution in [0, 0.1) is 0 Å². The van der Waals surface area contributed by atoms with Gasteiger partial charge in [-0.15, -0.1) is 0 Å². The van der Waals surface area contributed by atoms with Crippen LogP contribution in [0.4, 0.5) is 8.78 Å². The Morgan fingerprint density at radius 3 is 2.42 bits per heavy atom. The summed E-state index contributed by atoms with van der Waals surface area (Å²) in [5.41, 5.74) is 1.24. The Balaban J connectivity index is 1.86. The first-order valence-corrected chi connectivity index (χ1v) is 8.22. The minimum Gasteiger partial charge on any atom is -0.338 e. The lowest BCUT2D eigenvalue weighted by atomic mass is 10.2. The number of pyridine rings is 1. The number of carbonyl (C=O) groups is 1. The normalized spacial score (nSPS) is 11.0. The van der Waals surface area contributed by atoms with Crippen LogP contribution in [0.15, 0.2) is 71.7 Å². The molecule has 0 unspecified atom stereocenters. The van der Waals surface area contributed by atoms with Crippen molar-refractivity contribution in [2.75, 3.05) is 6.54 Å². The average Bonchev–Trinajstić information content (AvgIpc) is 2.64. The molecule has 4 nitrogen and oxygen atoms in total. The molecule has 3 rings (SSSR count). The summed E-state index contributed by atoms with van der Waals surface area (Å²) in [5, 5.41) is 0.492. The monoisotopic (exact) mass is 356 g/mol. The fourth-order valence-corrected chi connectivity index (χ4v) is 2.87. The number of rotatable bonds is 6. The molecule has 0 atom stereocenters. The van der Waals surface area contributed by atoms with Crippen LogP contribution >= 0.6 is 0 Å². The van der Waals surface area contributed by atoms with Gasteiger partial charge in [0.25, 0.3) is 6.43 Å². The lowest BCUT2D eigenvalue weighted by molar-refractivity contribution is -0.134. The van der Waals surface area contributed by atoms with Gasteiger partial charge in [-0.05, 0) is 17.7 Å². The number of hydrogen-bond acceptors (Lipinski definition) is 2. The third-order valence-electron chi connectivity index (χ3n) is 4.12. The van der Waals surface area contributed by atoms with Crippen molar-refractivity contribution in [1.82, 2.24) is 9.47 Å². The van der Waals surface area contributed by atoms with E-state index in [4.69, 9.17) is 0 Å². The molecule has 3 aromatic rings. The Hall–Kier alpha value is -3.02. The van der Waals surface area contributed by atoms with Gasteiger partial charge in [0.15, 0.2) is 5.43 Å². The van der Waals surface area contributed by atoms with Gasteiger partial charge in [-0.25, -0.2) is 8.78 Å². The topological polar surface area (TPSA) is 42.3 Å². The maximum Gasteiger partial charge on any atom is 0.255 e. The van der Waals surface area contributed by atoms with Gasteiger partial charge in [-0.2, -0.15) is 0 Å². The summed E-state index contributed by atoms with van der Waals surface area (Å²) in [5.74, 6) is -0.428. The van der Waals surface area contributed by atoms with Gasteiger partial charge in [0.2, 0.25) is 5.91 Å². The van der Waals surface area contributed by atoms with E-state index >= 15 is 0 Å². The van der Waals surface area contributed by atoms with Crippen LogP contribution in [0.2, 0.25) is 0 Å². The maximum atomic E-state index is 13.0. The predicted molar refractivity (Wildman–Crippen MR) is 96.1 cm³/mol. The van der Waals surface area contributed by atoms with Crippen molar-refractivity contribution in [3.8, 4) is 0 Å². The summed E-state index contributed by atoms with van der Waals surface area (Å²) in [6, 6.07) is 17.3. The van der Waals surface area contributed by atoms with Crippen molar-refractivity contribution in [3.63, 3.8) is 0 Å². The molecule has 1 amide bonds. The van der Waals surface area contributed by atoms with Crippen LogP contribution in [-0.4, -0.2) is 28.3 Å². The number of fused-ring (bicyclic) bond motifs is 1. The third kappa shape index (κ3) is 4.14. The van der Waals surface area contributed by atoms with Crippen molar-refractivity contribution >= 4 is 16.8 Å². The van der Waals surface area contributed by atoms with Crippen LogP contribution in [0.3, 0.4) is 0 Å². The van der Waals surface area contributed by atoms with Crippen LogP contribution in [0.5, 0.6) is 0 Å². The number of benzene rings is 2. The van der Waals surface area contributed by atoms with E-state index in [0.717, 1.165) is 10.5 Å². The predicted octanol–water partition coefficient (Wildman–Crippen LogP) is 3.30. The fourth-order valence-electron chi connectivity index (χ4n) is 2.87. The second-order valence-corrected chi connectivity index (χ2v) is 5.98. The number of hydrogen-bond donors (Lipinski definition) is 0. The molecular weight excluding hydrogens is 338 g/mol. The molecule has 0 radical (unpaired) electrons. The number of alkyl halides is 2. The third-order valence-corrected chi connectivity index (χ3v) is 4.12.